The van der Waals surface area contributed by atoms with Crippen molar-refractivity contribution in [2.45, 2.75) is 25.4 Å². The Kier molecular flexibility index (Phi) is 3.83. The Labute approximate surface area is 130 Å². The van der Waals surface area contributed by atoms with Gasteiger partial charge in [0.1, 0.15) is 0 Å². The molecule has 0 saturated carbocycles. The summed E-state index contributed by atoms with van der Waals surface area (Å²) >= 11 is 0. The van der Waals surface area contributed by atoms with Crippen molar-refractivity contribution in [3.63, 3.8) is 0 Å². The van der Waals surface area contributed by atoms with Crippen LogP contribution in [0.2, 0.25) is 0 Å². The molecule has 0 unspecified atom stereocenters. The number of likely N-dealkylation sites (tertiary alicyclic amines) is 1. The van der Waals surface area contributed by atoms with Gasteiger partial charge in [0.15, 0.2) is 5.82 Å². The molecule has 0 N–H and O–H groups in total. The molecule has 1 saturated heterocycles. The predicted molar refractivity (Wildman–Crippen MR) is 73.7 cm³/mol. The van der Waals surface area contributed by atoms with E-state index in [-0.39, 0.29) is 24.2 Å². The molecule has 2 heterocycles. The molecule has 3 rings (SSSR count). The summed E-state index contributed by atoms with van der Waals surface area (Å²) in [5, 5.41) is 3.40. The van der Waals surface area contributed by atoms with E-state index in [0.29, 0.717) is 18.5 Å². The Morgan fingerprint density at radius 3 is 2.61 bits per heavy atom. The van der Waals surface area contributed by atoms with Gasteiger partial charge in [0.05, 0.1) is 0 Å². The highest BCUT2D eigenvalue weighted by Crippen LogP contribution is 2.31. The van der Waals surface area contributed by atoms with Gasteiger partial charge in [0, 0.05) is 24.6 Å². The normalized spacial score (nSPS) is 18.4. The number of aromatic nitrogens is 2. The van der Waals surface area contributed by atoms with Gasteiger partial charge in [-0.05, 0) is 25.5 Å². The van der Waals surface area contributed by atoms with E-state index >= 15 is 0 Å². The van der Waals surface area contributed by atoms with Crippen LogP contribution in [0.15, 0.2) is 28.8 Å². The second-order valence-corrected chi connectivity index (χ2v) is 5.56. The molecule has 1 amide bonds. The van der Waals surface area contributed by atoms with Gasteiger partial charge < -0.3 is 9.42 Å². The fraction of sp³-hybridized carbons (Fsp3) is 0.400. The zero-order valence-electron chi connectivity index (χ0n) is 12.3. The van der Waals surface area contributed by atoms with Crippen LogP contribution in [0.3, 0.4) is 0 Å². The lowest BCUT2D eigenvalue weighted by molar-refractivity contribution is -0.159. The summed E-state index contributed by atoms with van der Waals surface area (Å²) in [5.41, 5.74) is 1.60. The Hall–Kier alpha value is -2.38. The van der Waals surface area contributed by atoms with Crippen LogP contribution >= 0.6 is 0 Å². The lowest BCUT2D eigenvalue weighted by Gasteiger charge is -2.16. The lowest BCUT2D eigenvalue weighted by Crippen LogP contribution is -2.28. The first kappa shape index (κ1) is 15.5. The number of carbonyl (C=O) groups is 1. The van der Waals surface area contributed by atoms with Crippen molar-refractivity contribution in [2.24, 2.45) is 0 Å². The van der Waals surface area contributed by atoms with Crippen molar-refractivity contribution in [3.8, 4) is 0 Å². The van der Waals surface area contributed by atoms with E-state index in [1.165, 1.54) is 0 Å². The van der Waals surface area contributed by atoms with Crippen LogP contribution < -0.4 is 0 Å². The van der Waals surface area contributed by atoms with E-state index < -0.39 is 12.1 Å². The maximum absolute atomic E-state index is 12.5. The molecule has 122 valence electrons. The van der Waals surface area contributed by atoms with Gasteiger partial charge in [-0.2, -0.15) is 18.2 Å². The first-order valence-electron chi connectivity index (χ1n) is 7.11. The summed E-state index contributed by atoms with van der Waals surface area (Å²) < 4.78 is 41.7. The molecule has 1 aromatic heterocycles. The number of halogens is 3. The topological polar surface area (TPSA) is 59.2 Å². The number of aryl methyl sites for hydroxylation is 1. The molecule has 1 aliphatic rings. The third kappa shape index (κ3) is 3.20. The van der Waals surface area contributed by atoms with Crippen molar-refractivity contribution < 1.29 is 22.5 Å². The number of carbonyl (C=O) groups excluding carboxylic acids is 1. The maximum atomic E-state index is 12.5. The molecule has 0 aliphatic carbocycles. The monoisotopic (exact) mass is 325 g/mol. The van der Waals surface area contributed by atoms with Crippen LogP contribution in [0.1, 0.15) is 40.0 Å². The number of rotatable bonds is 2. The summed E-state index contributed by atoms with van der Waals surface area (Å²) in [6.07, 6.45) is -4.14. The largest absolute Gasteiger partial charge is 0.471 e. The van der Waals surface area contributed by atoms with Crippen molar-refractivity contribution in [1.29, 1.82) is 0 Å². The average molecular weight is 325 g/mol. The van der Waals surface area contributed by atoms with E-state index in [0.717, 1.165) is 5.56 Å². The minimum atomic E-state index is -4.65. The number of amides is 1. The fourth-order valence-electron chi connectivity index (χ4n) is 2.55. The maximum Gasteiger partial charge on any atom is 0.471 e. The third-order valence-electron chi connectivity index (χ3n) is 3.82. The van der Waals surface area contributed by atoms with Crippen molar-refractivity contribution >= 4 is 5.91 Å². The molecule has 0 radical (unpaired) electrons. The minimum absolute atomic E-state index is 0.00321. The smallest absolute Gasteiger partial charge is 0.338 e. The van der Waals surface area contributed by atoms with Gasteiger partial charge in [-0.25, -0.2) is 0 Å². The van der Waals surface area contributed by atoms with E-state index in [4.69, 9.17) is 0 Å². The van der Waals surface area contributed by atoms with Crippen LogP contribution in [0.4, 0.5) is 13.2 Å². The molecule has 23 heavy (non-hydrogen) atoms. The molecule has 8 heteroatoms. The van der Waals surface area contributed by atoms with Gasteiger partial charge >= 0.3 is 12.1 Å². The van der Waals surface area contributed by atoms with Crippen molar-refractivity contribution in [2.75, 3.05) is 13.1 Å². The number of alkyl halides is 3. The molecule has 5 nitrogen and oxygen atoms in total. The molecule has 1 fully saturated rings. The van der Waals surface area contributed by atoms with Gasteiger partial charge in [0.25, 0.3) is 5.91 Å². The number of nitrogens with zero attached hydrogens (tertiary/aromatic N) is 3. The Morgan fingerprint density at radius 2 is 2.00 bits per heavy atom. The molecule has 0 spiro atoms. The van der Waals surface area contributed by atoms with Crippen molar-refractivity contribution in [3.05, 3.63) is 47.1 Å². The predicted octanol–water partition coefficient (Wildman–Crippen LogP) is 3.03. The molecule has 2 aromatic rings. The SMILES string of the molecule is Cc1ccc(C(=O)N2CC[C@@H](c3noc(C(F)(F)F)n3)C2)cc1. The fourth-order valence-corrected chi connectivity index (χ4v) is 2.55. The van der Waals surface area contributed by atoms with Crippen LogP contribution in [-0.4, -0.2) is 34.0 Å². The molecule has 1 aliphatic heterocycles. The Bertz CT molecular complexity index is 710. The molecular formula is C15H14F3N3O2. The summed E-state index contributed by atoms with van der Waals surface area (Å²) in [4.78, 5) is 17.4. The summed E-state index contributed by atoms with van der Waals surface area (Å²) in [5.74, 6) is -1.84. The number of hydrogen-bond donors (Lipinski definition) is 0. The highest BCUT2D eigenvalue weighted by molar-refractivity contribution is 5.94. The van der Waals surface area contributed by atoms with Gasteiger partial charge in [-0.1, -0.05) is 22.9 Å². The summed E-state index contributed by atoms with van der Waals surface area (Å²) in [7, 11) is 0. The average Bonchev–Trinajstić information content (AvgIpc) is 3.16. The zero-order chi connectivity index (χ0) is 16.6. The quantitative estimate of drug-likeness (QED) is 0.851. The van der Waals surface area contributed by atoms with Crippen LogP contribution in [0.5, 0.6) is 0 Å². The first-order chi connectivity index (χ1) is 10.8. The van der Waals surface area contributed by atoms with Gasteiger partial charge in [-0.3, -0.25) is 4.79 Å². The van der Waals surface area contributed by atoms with E-state index in [1.54, 1.807) is 17.0 Å². The molecule has 1 aromatic carbocycles. The second-order valence-electron chi connectivity index (χ2n) is 5.56. The molecule has 1 atom stereocenters. The first-order valence-corrected chi connectivity index (χ1v) is 7.11. The molecular weight excluding hydrogens is 311 g/mol. The zero-order valence-corrected chi connectivity index (χ0v) is 12.3. The number of benzene rings is 1. The lowest BCUT2D eigenvalue weighted by atomic mass is 10.1. The summed E-state index contributed by atoms with van der Waals surface area (Å²) in [6.45, 7) is 2.66. The second kappa shape index (κ2) is 5.68. The van der Waals surface area contributed by atoms with Crippen molar-refractivity contribution in [1.82, 2.24) is 15.0 Å². The number of hydrogen-bond acceptors (Lipinski definition) is 4. The highest BCUT2D eigenvalue weighted by Gasteiger charge is 2.40. The Balaban J connectivity index is 1.69. The summed E-state index contributed by atoms with van der Waals surface area (Å²) in [6, 6.07) is 7.16. The third-order valence-corrected chi connectivity index (χ3v) is 3.82. The van der Waals surface area contributed by atoms with E-state index in [9.17, 15) is 18.0 Å². The minimum Gasteiger partial charge on any atom is -0.338 e. The van der Waals surface area contributed by atoms with E-state index in [2.05, 4.69) is 14.7 Å². The standard InChI is InChI=1S/C15H14F3N3O2/c1-9-2-4-10(5-3-9)13(22)21-7-6-11(8-21)12-19-14(23-20-12)15(16,17)18/h2-5,11H,6-8H2,1H3/t11-/m1/s1. The molecule has 0 bridgehead atoms. The van der Waals surface area contributed by atoms with Gasteiger partial charge in [-0.15, -0.1) is 0 Å². The van der Waals surface area contributed by atoms with Crippen LogP contribution in [-0.2, 0) is 6.18 Å². The Morgan fingerprint density at radius 1 is 1.30 bits per heavy atom. The van der Waals surface area contributed by atoms with E-state index in [1.807, 2.05) is 19.1 Å². The van der Waals surface area contributed by atoms with Crippen LogP contribution in [0, 0.1) is 6.92 Å². The van der Waals surface area contributed by atoms with Crippen LogP contribution in [0.25, 0.3) is 0 Å². The van der Waals surface area contributed by atoms with Gasteiger partial charge in [0.2, 0.25) is 0 Å². The highest BCUT2D eigenvalue weighted by atomic mass is 19.4.